The van der Waals surface area contributed by atoms with Crippen LogP contribution in [0.15, 0.2) is 24.3 Å². The van der Waals surface area contributed by atoms with Gasteiger partial charge < -0.3 is 10.0 Å². The van der Waals surface area contributed by atoms with Crippen molar-refractivity contribution >= 4 is 0 Å². The fourth-order valence-electron chi connectivity index (χ4n) is 1.57. The maximum atomic E-state index is 9.96. The van der Waals surface area contributed by atoms with Gasteiger partial charge in [0.1, 0.15) is 0 Å². The molecule has 0 fully saturated rings. The zero-order valence-corrected chi connectivity index (χ0v) is 9.90. The van der Waals surface area contributed by atoms with E-state index in [1.807, 2.05) is 26.2 Å². The lowest BCUT2D eigenvalue weighted by atomic mass is 10.0. The molecular weight excluding hydrogens is 186 g/mol. The van der Waals surface area contributed by atoms with Gasteiger partial charge in [-0.15, -0.1) is 0 Å². The minimum Gasteiger partial charge on any atom is -0.388 e. The molecule has 0 amide bonds. The molecule has 0 aromatic heterocycles. The van der Waals surface area contributed by atoms with Crippen LogP contribution in [0.3, 0.4) is 0 Å². The molecule has 0 aliphatic rings. The van der Waals surface area contributed by atoms with Gasteiger partial charge in [-0.25, -0.2) is 0 Å². The quantitative estimate of drug-likeness (QED) is 0.800. The number of nitrogens with zero attached hydrogens (tertiary/aromatic N) is 1. The maximum absolute atomic E-state index is 9.96. The number of rotatable bonds is 5. The van der Waals surface area contributed by atoms with Gasteiger partial charge in [0, 0.05) is 6.54 Å². The summed E-state index contributed by atoms with van der Waals surface area (Å²) in [5.74, 6) is 0. The number of aliphatic hydroxyl groups is 1. The molecule has 0 heterocycles. The van der Waals surface area contributed by atoms with Gasteiger partial charge in [-0.3, -0.25) is 0 Å². The maximum Gasteiger partial charge on any atom is 0.0802 e. The van der Waals surface area contributed by atoms with Crippen molar-refractivity contribution in [1.29, 1.82) is 0 Å². The van der Waals surface area contributed by atoms with Gasteiger partial charge in [0.15, 0.2) is 0 Å². The van der Waals surface area contributed by atoms with Crippen molar-refractivity contribution in [3.63, 3.8) is 0 Å². The number of hydrogen-bond donors (Lipinski definition) is 1. The summed E-state index contributed by atoms with van der Waals surface area (Å²) in [6.45, 7) is 3.04. The molecule has 2 heteroatoms. The van der Waals surface area contributed by atoms with Crippen LogP contribution in [-0.2, 0) is 6.42 Å². The van der Waals surface area contributed by atoms with Crippen LogP contribution in [0, 0.1) is 0 Å². The minimum absolute atomic E-state index is 0.334. The number of benzene rings is 1. The van der Waals surface area contributed by atoms with Crippen molar-refractivity contribution in [2.45, 2.75) is 25.9 Å². The molecule has 0 radical (unpaired) electrons. The SMILES string of the molecule is CCc1cccc(C(O)CCN(C)C)c1. The monoisotopic (exact) mass is 207 g/mol. The average molecular weight is 207 g/mol. The Morgan fingerprint density at radius 2 is 2.07 bits per heavy atom. The molecule has 2 nitrogen and oxygen atoms in total. The second kappa shape index (κ2) is 5.89. The predicted octanol–water partition coefficient (Wildman–Crippen LogP) is 2.23. The summed E-state index contributed by atoms with van der Waals surface area (Å²) >= 11 is 0. The number of aliphatic hydroxyl groups excluding tert-OH is 1. The molecule has 0 aliphatic carbocycles. The Bertz CT molecular complexity index is 296. The number of aryl methyl sites for hydroxylation is 1. The third kappa shape index (κ3) is 4.02. The van der Waals surface area contributed by atoms with Gasteiger partial charge in [0.05, 0.1) is 6.10 Å². The molecule has 0 saturated heterocycles. The van der Waals surface area contributed by atoms with Crippen molar-refractivity contribution in [3.05, 3.63) is 35.4 Å². The van der Waals surface area contributed by atoms with E-state index in [2.05, 4.69) is 24.0 Å². The molecular formula is C13H21NO. The Labute approximate surface area is 92.5 Å². The van der Waals surface area contributed by atoms with Crippen molar-refractivity contribution in [3.8, 4) is 0 Å². The molecule has 0 spiro atoms. The van der Waals surface area contributed by atoms with Crippen LogP contribution in [0.5, 0.6) is 0 Å². The van der Waals surface area contributed by atoms with E-state index in [9.17, 15) is 5.11 Å². The first-order chi connectivity index (χ1) is 7.13. The van der Waals surface area contributed by atoms with Gasteiger partial charge >= 0.3 is 0 Å². The second-order valence-corrected chi connectivity index (χ2v) is 4.21. The third-order valence-electron chi connectivity index (χ3n) is 2.59. The van der Waals surface area contributed by atoms with E-state index < -0.39 is 0 Å². The van der Waals surface area contributed by atoms with Crippen molar-refractivity contribution in [1.82, 2.24) is 4.90 Å². The van der Waals surface area contributed by atoms with E-state index in [0.29, 0.717) is 0 Å². The molecule has 1 atom stereocenters. The molecule has 15 heavy (non-hydrogen) atoms. The van der Waals surface area contributed by atoms with Gasteiger partial charge in [-0.1, -0.05) is 31.2 Å². The Balaban J connectivity index is 2.60. The largest absolute Gasteiger partial charge is 0.388 e. The summed E-state index contributed by atoms with van der Waals surface area (Å²) < 4.78 is 0. The van der Waals surface area contributed by atoms with Gasteiger partial charge in [0.2, 0.25) is 0 Å². The van der Waals surface area contributed by atoms with E-state index >= 15 is 0 Å². The van der Waals surface area contributed by atoms with Crippen molar-refractivity contribution in [2.24, 2.45) is 0 Å². The standard InChI is InChI=1S/C13H21NO/c1-4-11-6-5-7-12(10-11)13(15)8-9-14(2)3/h5-7,10,13,15H,4,8-9H2,1-3H3. The average Bonchev–Trinajstić information content (AvgIpc) is 2.26. The normalized spacial score (nSPS) is 13.1. The summed E-state index contributed by atoms with van der Waals surface area (Å²) in [6.07, 6.45) is 1.48. The Kier molecular flexibility index (Phi) is 4.79. The van der Waals surface area contributed by atoms with Crippen molar-refractivity contribution < 1.29 is 5.11 Å². The molecule has 1 unspecified atom stereocenters. The van der Waals surface area contributed by atoms with Crippen LogP contribution >= 0.6 is 0 Å². The van der Waals surface area contributed by atoms with Crippen LogP contribution < -0.4 is 0 Å². The van der Waals surface area contributed by atoms with Crippen LogP contribution in [0.1, 0.15) is 30.6 Å². The van der Waals surface area contributed by atoms with E-state index in [4.69, 9.17) is 0 Å². The zero-order chi connectivity index (χ0) is 11.3. The lowest BCUT2D eigenvalue weighted by Crippen LogP contribution is -2.15. The smallest absolute Gasteiger partial charge is 0.0802 e. The highest BCUT2D eigenvalue weighted by atomic mass is 16.3. The fourth-order valence-corrected chi connectivity index (χ4v) is 1.57. The Morgan fingerprint density at radius 1 is 1.33 bits per heavy atom. The van der Waals surface area contributed by atoms with E-state index in [0.717, 1.165) is 24.9 Å². The first-order valence-corrected chi connectivity index (χ1v) is 5.55. The topological polar surface area (TPSA) is 23.5 Å². The lowest BCUT2D eigenvalue weighted by molar-refractivity contribution is 0.154. The third-order valence-corrected chi connectivity index (χ3v) is 2.59. The molecule has 1 aromatic rings. The molecule has 0 bridgehead atoms. The Morgan fingerprint density at radius 3 is 2.67 bits per heavy atom. The van der Waals surface area contributed by atoms with Crippen LogP contribution in [0.25, 0.3) is 0 Å². The summed E-state index contributed by atoms with van der Waals surface area (Å²) in [4.78, 5) is 2.09. The summed E-state index contributed by atoms with van der Waals surface area (Å²) in [5, 5.41) is 9.96. The molecule has 84 valence electrons. The fraction of sp³-hybridized carbons (Fsp3) is 0.538. The molecule has 1 N–H and O–H groups in total. The first kappa shape index (κ1) is 12.2. The van der Waals surface area contributed by atoms with Crippen LogP contribution in [0.4, 0.5) is 0 Å². The van der Waals surface area contributed by atoms with Gasteiger partial charge in [0.25, 0.3) is 0 Å². The lowest BCUT2D eigenvalue weighted by Gasteiger charge is -2.15. The van der Waals surface area contributed by atoms with Gasteiger partial charge in [-0.05, 0) is 38.1 Å². The molecule has 1 aromatic carbocycles. The van der Waals surface area contributed by atoms with Gasteiger partial charge in [-0.2, -0.15) is 0 Å². The molecule has 0 aliphatic heterocycles. The van der Waals surface area contributed by atoms with E-state index in [-0.39, 0.29) is 6.10 Å². The van der Waals surface area contributed by atoms with E-state index in [1.165, 1.54) is 5.56 Å². The van der Waals surface area contributed by atoms with Crippen LogP contribution in [0.2, 0.25) is 0 Å². The predicted molar refractivity (Wildman–Crippen MR) is 64.0 cm³/mol. The highest BCUT2D eigenvalue weighted by Crippen LogP contribution is 2.18. The molecule has 1 rings (SSSR count). The van der Waals surface area contributed by atoms with Crippen LogP contribution in [-0.4, -0.2) is 30.6 Å². The zero-order valence-electron chi connectivity index (χ0n) is 9.90. The van der Waals surface area contributed by atoms with Crippen molar-refractivity contribution in [2.75, 3.05) is 20.6 Å². The number of hydrogen-bond acceptors (Lipinski definition) is 2. The highest BCUT2D eigenvalue weighted by Gasteiger charge is 2.07. The summed E-state index contributed by atoms with van der Waals surface area (Å²) in [6, 6.07) is 8.22. The minimum atomic E-state index is -0.334. The molecule has 0 saturated carbocycles. The second-order valence-electron chi connectivity index (χ2n) is 4.21. The first-order valence-electron chi connectivity index (χ1n) is 5.55. The Hall–Kier alpha value is -0.860. The summed E-state index contributed by atoms with van der Waals surface area (Å²) in [7, 11) is 4.05. The highest BCUT2D eigenvalue weighted by molar-refractivity contribution is 5.25. The summed E-state index contributed by atoms with van der Waals surface area (Å²) in [5.41, 5.74) is 2.33. The van der Waals surface area contributed by atoms with E-state index in [1.54, 1.807) is 0 Å².